The first kappa shape index (κ1) is 27.7. The molecule has 198 valence electrons. The van der Waals surface area contributed by atoms with Gasteiger partial charge in [0, 0.05) is 13.1 Å². The van der Waals surface area contributed by atoms with Gasteiger partial charge in [-0.2, -0.15) is 4.31 Å². The van der Waals surface area contributed by atoms with E-state index in [2.05, 4.69) is 5.32 Å². The highest BCUT2D eigenvalue weighted by atomic mass is 32.2. The molecule has 1 N–H and O–H groups in total. The Balaban J connectivity index is 1.53. The molecule has 0 aromatic heterocycles. The number of nitrogens with one attached hydrogen (secondary N) is 1. The van der Waals surface area contributed by atoms with Crippen molar-refractivity contribution in [3.8, 4) is 11.5 Å². The van der Waals surface area contributed by atoms with Crippen LogP contribution in [0.4, 0.5) is 5.69 Å². The van der Waals surface area contributed by atoms with Crippen LogP contribution in [0.5, 0.6) is 11.5 Å². The summed E-state index contributed by atoms with van der Waals surface area (Å²) in [4.78, 5) is 12.8. The van der Waals surface area contributed by atoms with Gasteiger partial charge in [-0.25, -0.2) is 16.8 Å². The average molecular weight is 542 g/mol. The minimum Gasteiger partial charge on any atom is -0.497 e. The summed E-state index contributed by atoms with van der Waals surface area (Å²) in [6.45, 7) is 3.09. The van der Waals surface area contributed by atoms with E-state index in [0.29, 0.717) is 43.5 Å². The Labute approximate surface area is 212 Å². The number of ether oxygens (including phenoxy) is 3. The number of carbonyl (C=O) groups excluding carboxylic acids is 1. The summed E-state index contributed by atoms with van der Waals surface area (Å²) in [6, 6.07) is 11.4. The smallest absolute Gasteiger partial charge is 0.243 e. The molecule has 1 atom stereocenters. The van der Waals surface area contributed by atoms with Gasteiger partial charge in [-0.15, -0.1) is 0 Å². The fourth-order valence-corrected chi connectivity index (χ4v) is 6.26. The number of carbonyl (C=O) groups is 1. The molecule has 0 spiro atoms. The number of rotatable bonds is 11. The van der Waals surface area contributed by atoms with Crippen LogP contribution in [-0.2, 0) is 29.6 Å². The first-order valence-electron chi connectivity index (χ1n) is 11.3. The molecular weight excluding hydrogens is 510 g/mol. The highest BCUT2D eigenvalue weighted by Crippen LogP contribution is 2.24. The van der Waals surface area contributed by atoms with Crippen LogP contribution in [0.25, 0.3) is 0 Å². The maximum Gasteiger partial charge on any atom is 0.243 e. The van der Waals surface area contributed by atoms with Crippen LogP contribution in [0.15, 0.2) is 53.4 Å². The van der Waals surface area contributed by atoms with Gasteiger partial charge in [0.05, 0.1) is 43.7 Å². The van der Waals surface area contributed by atoms with E-state index in [1.807, 2.05) is 0 Å². The third-order valence-corrected chi connectivity index (χ3v) is 8.67. The fraction of sp³-hybridized carbons (Fsp3) is 0.435. The number of methoxy groups -OCH3 is 1. The quantitative estimate of drug-likeness (QED) is 0.418. The third-order valence-electron chi connectivity index (χ3n) is 5.52. The van der Waals surface area contributed by atoms with E-state index in [1.165, 1.54) is 30.5 Å². The van der Waals surface area contributed by atoms with Gasteiger partial charge in [0.1, 0.15) is 24.1 Å². The average Bonchev–Trinajstić information content (AvgIpc) is 2.87. The first-order valence-corrected chi connectivity index (χ1v) is 14.5. The fourth-order valence-electron chi connectivity index (χ4n) is 3.67. The lowest BCUT2D eigenvalue weighted by molar-refractivity contribution is -0.121. The van der Waals surface area contributed by atoms with Crippen molar-refractivity contribution in [3.63, 3.8) is 0 Å². The molecular formula is C23H31N3O8S2. The maximum absolute atomic E-state index is 12.7. The monoisotopic (exact) mass is 541 g/mol. The van der Waals surface area contributed by atoms with Crippen molar-refractivity contribution < 1.29 is 35.8 Å². The highest BCUT2D eigenvalue weighted by Gasteiger charge is 2.29. The Kier molecular flexibility index (Phi) is 9.17. The molecule has 0 bridgehead atoms. The summed E-state index contributed by atoms with van der Waals surface area (Å²) in [5, 5.41) is 2.67. The molecule has 0 saturated carbocycles. The highest BCUT2D eigenvalue weighted by molar-refractivity contribution is 7.92. The molecule has 1 fully saturated rings. The van der Waals surface area contributed by atoms with Crippen molar-refractivity contribution in [1.82, 2.24) is 9.62 Å². The van der Waals surface area contributed by atoms with Gasteiger partial charge in [0.15, 0.2) is 0 Å². The van der Waals surface area contributed by atoms with Crippen LogP contribution in [-0.4, -0.2) is 85.9 Å². The summed E-state index contributed by atoms with van der Waals surface area (Å²) in [6.07, 6.45) is 1.03. The molecule has 2 aromatic carbocycles. The Bertz CT molecular complexity index is 1230. The van der Waals surface area contributed by atoms with Crippen molar-refractivity contribution in [2.45, 2.75) is 17.9 Å². The summed E-state index contributed by atoms with van der Waals surface area (Å²) in [7, 11) is -5.83. The van der Waals surface area contributed by atoms with Gasteiger partial charge < -0.3 is 19.5 Å². The number of sulfonamides is 2. The maximum atomic E-state index is 12.7. The van der Waals surface area contributed by atoms with Gasteiger partial charge in [-0.3, -0.25) is 9.10 Å². The van der Waals surface area contributed by atoms with Crippen LogP contribution < -0.4 is 19.1 Å². The zero-order chi connectivity index (χ0) is 26.3. The molecule has 11 nitrogen and oxygen atoms in total. The van der Waals surface area contributed by atoms with Crippen molar-refractivity contribution in [2.24, 2.45) is 0 Å². The Morgan fingerprint density at radius 3 is 2.17 bits per heavy atom. The van der Waals surface area contributed by atoms with Gasteiger partial charge in [-0.05, 0) is 55.5 Å². The molecule has 36 heavy (non-hydrogen) atoms. The molecule has 13 heteroatoms. The number of benzene rings is 2. The lowest BCUT2D eigenvalue weighted by Crippen LogP contribution is -2.48. The van der Waals surface area contributed by atoms with E-state index < -0.39 is 32.0 Å². The van der Waals surface area contributed by atoms with Crippen LogP contribution in [0, 0.1) is 0 Å². The Morgan fingerprint density at radius 1 is 1.03 bits per heavy atom. The van der Waals surface area contributed by atoms with E-state index in [9.17, 15) is 21.6 Å². The first-order chi connectivity index (χ1) is 17.0. The number of amides is 1. The summed E-state index contributed by atoms with van der Waals surface area (Å²) < 4.78 is 68.5. The SMILES string of the molecule is COc1ccc(N(C(C)C(=O)NCCOc2ccc(S(=O)(=O)N3CCOCC3)cc2)S(C)(=O)=O)cc1. The predicted molar refractivity (Wildman–Crippen MR) is 134 cm³/mol. The second-order valence-corrected chi connectivity index (χ2v) is 11.9. The zero-order valence-corrected chi connectivity index (χ0v) is 22.0. The van der Waals surface area contributed by atoms with Gasteiger partial charge >= 0.3 is 0 Å². The molecule has 0 aliphatic carbocycles. The van der Waals surface area contributed by atoms with Crippen LogP contribution in [0.3, 0.4) is 0 Å². The Morgan fingerprint density at radius 2 is 1.61 bits per heavy atom. The molecule has 1 saturated heterocycles. The zero-order valence-electron chi connectivity index (χ0n) is 20.4. The summed E-state index contributed by atoms with van der Waals surface area (Å²) in [5.74, 6) is 0.509. The lowest BCUT2D eigenvalue weighted by Gasteiger charge is -2.28. The molecule has 1 heterocycles. The standard InChI is InChI=1S/C23H31N3O8S2/c1-18(26(35(3,28)29)19-4-6-20(32-2)7-5-19)23(27)24-12-15-34-21-8-10-22(11-9-21)36(30,31)25-13-16-33-17-14-25/h4-11,18H,12-17H2,1-3H3,(H,24,27). The molecule has 0 radical (unpaired) electrons. The topological polar surface area (TPSA) is 132 Å². The van der Waals surface area contributed by atoms with Crippen molar-refractivity contribution >= 4 is 31.6 Å². The minimum atomic E-state index is -3.74. The molecule has 2 aromatic rings. The molecule has 3 rings (SSSR count). The van der Waals surface area contributed by atoms with E-state index in [-0.39, 0.29) is 18.0 Å². The van der Waals surface area contributed by atoms with Crippen molar-refractivity contribution in [1.29, 1.82) is 0 Å². The number of hydrogen-bond acceptors (Lipinski definition) is 8. The minimum absolute atomic E-state index is 0.107. The van der Waals surface area contributed by atoms with Crippen LogP contribution in [0.2, 0.25) is 0 Å². The number of anilines is 1. The predicted octanol–water partition coefficient (Wildman–Crippen LogP) is 1.07. The summed E-state index contributed by atoms with van der Waals surface area (Å²) >= 11 is 0. The third kappa shape index (κ3) is 6.87. The second-order valence-electron chi connectivity index (χ2n) is 8.06. The second kappa shape index (κ2) is 11.9. The molecule has 1 aliphatic heterocycles. The van der Waals surface area contributed by atoms with Gasteiger partial charge in [0.2, 0.25) is 26.0 Å². The number of morpholine rings is 1. The van der Waals surface area contributed by atoms with E-state index in [0.717, 1.165) is 10.6 Å². The number of hydrogen-bond donors (Lipinski definition) is 1. The molecule has 1 amide bonds. The normalized spacial score (nSPS) is 15.6. The Hall–Kier alpha value is -2.87. The molecule has 1 aliphatic rings. The van der Waals surface area contributed by atoms with Crippen LogP contribution >= 0.6 is 0 Å². The molecule has 1 unspecified atom stereocenters. The van der Waals surface area contributed by atoms with Gasteiger partial charge in [0.25, 0.3) is 0 Å². The largest absolute Gasteiger partial charge is 0.497 e. The number of nitrogens with zero attached hydrogens (tertiary/aromatic N) is 2. The van der Waals surface area contributed by atoms with E-state index in [1.54, 1.807) is 36.4 Å². The van der Waals surface area contributed by atoms with Crippen molar-refractivity contribution in [2.75, 3.05) is 57.1 Å². The van der Waals surface area contributed by atoms with Crippen molar-refractivity contribution in [3.05, 3.63) is 48.5 Å². The van der Waals surface area contributed by atoms with E-state index >= 15 is 0 Å². The van der Waals surface area contributed by atoms with E-state index in [4.69, 9.17) is 14.2 Å². The summed E-state index contributed by atoms with van der Waals surface area (Å²) in [5.41, 5.74) is 0.337. The van der Waals surface area contributed by atoms with Crippen LogP contribution in [0.1, 0.15) is 6.92 Å². The lowest BCUT2D eigenvalue weighted by atomic mass is 10.2. The van der Waals surface area contributed by atoms with Gasteiger partial charge in [-0.1, -0.05) is 0 Å².